The van der Waals surface area contributed by atoms with E-state index in [9.17, 15) is 0 Å². The van der Waals surface area contributed by atoms with Crippen LogP contribution in [0, 0.1) is 0 Å². The number of anilines is 1. The smallest absolute Gasteiger partial charge is 0.225 e. The second kappa shape index (κ2) is 5.13. The largest absolute Gasteiger partial charge is 0.338 e. The zero-order valence-corrected chi connectivity index (χ0v) is 12.2. The number of nitrogens with zero attached hydrogens (tertiary/aromatic N) is 3. The van der Waals surface area contributed by atoms with Crippen LogP contribution in [0.4, 0.5) is 5.95 Å². The molecule has 2 unspecified atom stereocenters. The van der Waals surface area contributed by atoms with Gasteiger partial charge in [-0.2, -0.15) is 0 Å². The lowest BCUT2D eigenvalue weighted by Crippen LogP contribution is -2.48. The number of fused-ring (bicyclic) bond motifs is 2. The Bertz CT molecular complexity index is 396. The fourth-order valence-electron chi connectivity index (χ4n) is 3.30. The average Bonchev–Trinajstić information content (AvgIpc) is 2.72. The van der Waals surface area contributed by atoms with E-state index in [1.165, 1.54) is 25.7 Å². The van der Waals surface area contributed by atoms with Gasteiger partial charge in [-0.15, -0.1) is 0 Å². The van der Waals surface area contributed by atoms with Crippen molar-refractivity contribution < 1.29 is 0 Å². The maximum Gasteiger partial charge on any atom is 0.225 e. The van der Waals surface area contributed by atoms with Crippen LogP contribution in [-0.2, 0) is 0 Å². The summed E-state index contributed by atoms with van der Waals surface area (Å²) in [5.74, 6) is 0.868. The summed E-state index contributed by atoms with van der Waals surface area (Å²) in [6, 6.07) is 2.01. The van der Waals surface area contributed by atoms with Gasteiger partial charge in [0.1, 0.15) is 0 Å². The van der Waals surface area contributed by atoms with Crippen LogP contribution in [0.5, 0.6) is 0 Å². The molecule has 0 amide bonds. The van der Waals surface area contributed by atoms with Crippen molar-refractivity contribution in [3.05, 3.63) is 16.9 Å². The summed E-state index contributed by atoms with van der Waals surface area (Å²) in [6.07, 6.45) is 8.79. The van der Waals surface area contributed by atoms with Crippen molar-refractivity contribution in [1.82, 2.24) is 15.3 Å². The first-order valence-electron chi connectivity index (χ1n) is 6.76. The zero-order chi connectivity index (χ0) is 12.5. The van der Waals surface area contributed by atoms with Crippen LogP contribution in [0.2, 0.25) is 0 Å². The molecule has 0 radical (unpaired) electrons. The Morgan fingerprint density at radius 2 is 1.89 bits per heavy atom. The molecule has 2 bridgehead atoms. The molecule has 4 nitrogen and oxygen atoms in total. The Morgan fingerprint density at radius 1 is 1.28 bits per heavy atom. The molecule has 3 rings (SSSR count). The van der Waals surface area contributed by atoms with Crippen LogP contribution >= 0.6 is 15.9 Å². The number of halogens is 1. The minimum atomic E-state index is 0.593. The predicted molar refractivity (Wildman–Crippen MR) is 75.7 cm³/mol. The Balaban J connectivity index is 1.77. The maximum atomic E-state index is 4.44. The molecule has 1 aromatic rings. The van der Waals surface area contributed by atoms with E-state index in [1.54, 1.807) is 0 Å². The molecule has 2 atom stereocenters. The number of hydrogen-bond acceptors (Lipinski definition) is 4. The lowest BCUT2D eigenvalue weighted by molar-refractivity contribution is 0.346. The molecule has 2 fully saturated rings. The van der Waals surface area contributed by atoms with Crippen molar-refractivity contribution in [2.75, 3.05) is 11.4 Å². The van der Waals surface area contributed by atoms with E-state index in [0.29, 0.717) is 18.1 Å². The molecule has 1 aromatic heterocycles. The van der Waals surface area contributed by atoms with E-state index in [0.717, 1.165) is 17.0 Å². The highest BCUT2D eigenvalue weighted by Gasteiger charge is 2.36. The van der Waals surface area contributed by atoms with Crippen LogP contribution in [-0.4, -0.2) is 34.6 Å². The lowest BCUT2D eigenvalue weighted by atomic mass is 9.98. The molecule has 2 aliphatic heterocycles. The van der Waals surface area contributed by atoms with E-state index in [-0.39, 0.29) is 0 Å². The third-order valence-electron chi connectivity index (χ3n) is 4.09. The third kappa shape index (κ3) is 2.38. The SMILES string of the molecule is CCN(c1ncc(Br)cn1)C1CC2CCC(C1)N2. The van der Waals surface area contributed by atoms with Crippen LogP contribution in [0.15, 0.2) is 16.9 Å². The van der Waals surface area contributed by atoms with Crippen LogP contribution < -0.4 is 10.2 Å². The lowest BCUT2D eigenvalue weighted by Gasteiger charge is -2.37. The Kier molecular flexibility index (Phi) is 3.52. The molecular weight excluding hydrogens is 292 g/mol. The number of rotatable bonds is 3. The molecule has 5 heteroatoms. The van der Waals surface area contributed by atoms with Crippen molar-refractivity contribution in [2.24, 2.45) is 0 Å². The summed E-state index contributed by atoms with van der Waals surface area (Å²) in [6.45, 7) is 3.17. The number of piperidine rings is 1. The van der Waals surface area contributed by atoms with Crippen molar-refractivity contribution in [3.63, 3.8) is 0 Å². The first-order chi connectivity index (χ1) is 8.76. The molecule has 98 valence electrons. The highest BCUT2D eigenvalue weighted by molar-refractivity contribution is 9.10. The zero-order valence-electron chi connectivity index (χ0n) is 10.6. The van der Waals surface area contributed by atoms with Crippen LogP contribution in [0.3, 0.4) is 0 Å². The van der Waals surface area contributed by atoms with Crippen LogP contribution in [0.25, 0.3) is 0 Å². The first kappa shape index (κ1) is 12.4. The fraction of sp³-hybridized carbons (Fsp3) is 0.692. The van der Waals surface area contributed by atoms with Gasteiger partial charge in [-0.3, -0.25) is 0 Å². The Morgan fingerprint density at radius 3 is 2.44 bits per heavy atom. The van der Waals surface area contributed by atoms with Gasteiger partial charge in [0.05, 0.1) is 4.47 Å². The summed E-state index contributed by atoms with van der Waals surface area (Å²) in [4.78, 5) is 11.2. The molecule has 18 heavy (non-hydrogen) atoms. The fourth-order valence-corrected chi connectivity index (χ4v) is 3.50. The number of nitrogens with one attached hydrogen (secondary N) is 1. The van der Waals surface area contributed by atoms with Crippen molar-refractivity contribution in [3.8, 4) is 0 Å². The van der Waals surface area contributed by atoms with Gasteiger partial charge >= 0.3 is 0 Å². The van der Waals surface area contributed by atoms with Crippen molar-refractivity contribution in [1.29, 1.82) is 0 Å². The van der Waals surface area contributed by atoms with E-state index < -0.39 is 0 Å². The van der Waals surface area contributed by atoms with Gasteiger partial charge in [0, 0.05) is 37.1 Å². The van der Waals surface area contributed by atoms with Gasteiger partial charge in [-0.1, -0.05) is 0 Å². The highest BCUT2D eigenvalue weighted by atomic mass is 79.9. The van der Waals surface area contributed by atoms with E-state index in [1.807, 2.05) is 12.4 Å². The minimum Gasteiger partial charge on any atom is -0.338 e. The van der Waals surface area contributed by atoms with Crippen molar-refractivity contribution >= 4 is 21.9 Å². The van der Waals surface area contributed by atoms with E-state index in [4.69, 9.17) is 0 Å². The van der Waals surface area contributed by atoms with Gasteiger partial charge in [-0.25, -0.2) is 9.97 Å². The van der Waals surface area contributed by atoms with E-state index >= 15 is 0 Å². The van der Waals surface area contributed by atoms with Crippen LogP contribution in [0.1, 0.15) is 32.6 Å². The summed E-state index contributed by atoms with van der Waals surface area (Å²) in [5.41, 5.74) is 0. The van der Waals surface area contributed by atoms with Gasteiger partial charge in [-0.05, 0) is 48.5 Å². The summed E-state index contributed by atoms with van der Waals surface area (Å²) < 4.78 is 0.938. The number of hydrogen-bond donors (Lipinski definition) is 1. The Labute approximate surface area is 116 Å². The highest BCUT2D eigenvalue weighted by Crippen LogP contribution is 2.31. The van der Waals surface area contributed by atoms with Gasteiger partial charge < -0.3 is 10.2 Å². The maximum absolute atomic E-state index is 4.44. The predicted octanol–water partition coefficient (Wildman–Crippen LogP) is 2.35. The topological polar surface area (TPSA) is 41.1 Å². The monoisotopic (exact) mass is 310 g/mol. The third-order valence-corrected chi connectivity index (χ3v) is 4.50. The normalized spacial score (nSPS) is 30.4. The molecule has 2 aliphatic rings. The molecule has 3 heterocycles. The molecule has 2 saturated heterocycles. The minimum absolute atomic E-state index is 0.593. The molecule has 0 saturated carbocycles. The number of aromatic nitrogens is 2. The van der Waals surface area contributed by atoms with Gasteiger partial charge in [0.2, 0.25) is 5.95 Å². The second-order valence-electron chi connectivity index (χ2n) is 5.25. The molecular formula is C13H19BrN4. The Hall–Kier alpha value is -0.680. The summed E-state index contributed by atoms with van der Waals surface area (Å²) >= 11 is 3.39. The molecule has 0 aromatic carbocycles. The average molecular weight is 311 g/mol. The van der Waals surface area contributed by atoms with E-state index in [2.05, 4.69) is 43.0 Å². The second-order valence-corrected chi connectivity index (χ2v) is 6.17. The summed E-state index contributed by atoms with van der Waals surface area (Å²) in [7, 11) is 0. The van der Waals surface area contributed by atoms with Gasteiger partial charge in [0.15, 0.2) is 0 Å². The first-order valence-corrected chi connectivity index (χ1v) is 7.55. The standard InChI is InChI=1S/C13H19BrN4/c1-2-18(13-15-7-9(14)8-16-13)12-5-10-3-4-11(6-12)17-10/h7-8,10-12,17H,2-6H2,1H3. The van der Waals surface area contributed by atoms with Crippen molar-refractivity contribution in [2.45, 2.75) is 50.7 Å². The van der Waals surface area contributed by atoms with Gasteiger partial charge in [0.25, 0.3) is 0 Å². The molecule has 1 N–H and O–H groups in total. The quantitative estimate of drug-likeness (QED) is 0.930. The summed E-state index contributed by atoms with van der Waals surface area (Å²) in [5, 5.41) is 3.68. The molecule has 0 spiro atoms. The molecule has 0 aliphatic carbocycles.